The van der Waals surface area contributed by atoms with Crippen molar-refractivity contribution in [3.8, 4) is 0 Å². The first-order valence-corrected chi connectivity index (χ1v) is 6.86. The molecule has 112 valence electrons. The summed E-state index contributed by atoms with van der Waals surface area (Å²) in [7, 11) is 0. The lowest BCUT2D eigenvalue weighted by Gasteiger charge is -2.40. The molecule has 0 amide bonds. The summed E-state index contributed by atoms with van der Waals surface area (Å²) in [6.45, 7) is 2.52. The maximum absolute atomic E-state index is 12.9. The van der Waals surface area contributed by atoms with E-state index in [1.807, 2.05) is 24.0 Å². The number of halogens is 3. The number of hydrogen-bond donors (Lipinski definition) is 1. The van der Waals surface area contributed by atoms with E-state index in [1.165, 1.54) is 0 Å². The van der Waals surface area contributed by atoms with E-state index in [9.17, 15) is 13.2 Å². The van der Waals surface area contributed by atoms with Gasteiger partial charge in [0.25, 0.3) is 0 Å². The Hall–Kier alpha value is -1.14. The number of alkyl halides is 3. The van der Waals surface area contributed by atoms with E-state index in [0.29, 0.717) is 13.0 Å². The highest BCUT2D eigenvalue weighted by molar-refractivity contribution is 5.17. The van der Waals surface area contributed by atoms with Crippen molar-refractivity contribution in [2.75, 3.05) is 13.1 Å². The normalized spacial score (nSPS) is 24.4. The fraction of sp³-hybridized carbons (Fsp3) is 0.643. The average Bonchev–Trinajstić information content (AvgIpc) is 2.39. The largest absolute Gasteiger partial charge is 0.393 e. The van der Waals surface area contributed by atoms with Crippen LogP contribution in [0.4, 0.5) is 13.2 Å². The second-order valence-corrected chi connectivity index (χ2v) is 5.46. The minimum absolute atomic E-state index is 0.0258. The molecule has 2 rings (SSSR count). The Morgan fingerprint density at radius 2 is 2.00 bits per heavy atom. The summed E-state index contributed by atoms with van der Waals surface area (Å²) in [6, 6.07) is 3.23. The molecule has 1 aliphatic heterocycles. The number of hydrogen-bond acceptors (Lipinski definition) is 3. The summed E-state index contributed by atoms with van der Waals surface area (Å²) in [5, 5.41) is 0. The predicted octanol–water partition coefficient (Wildman–Crippen LogP) is 2.74. The van der Waals surface area contributed by atoms with E-state index in [4.69, 9.17) is 5.73 Å². The Balaban J connectivity index is 2.18. The molecule has 1 aliphatic rings. The van der Waals surface area contributed by atoms with Crippen LogP contribution in [0.3, 0.4) is 0 Å². The van der Waals surface area contributed by atoms with Gasteiger partial charge in [0.1, 0.15) is 0 Å². The van der Waals surface area contributed by atoms with Gasteiger partial charge in [0.2, 0.25) is 0 Å². The lowest BCUT2D eigenvalue weighted by molar-refractivity contribution is -0.189. The van der Waals surface area contributed by atoms with Gasteiger partial charge in [-0.15, -0.1) is 0 Å². The standard InChI is InChI=1S/C14H20F3N3/c1-10(18)13(11-4-6-19-7-5-11)20-8-2-3-12(9-20)14(15,16)17/h4-7,10,12-13H,2-3,8-9,18H2,1H3. The van der Waals surface area contributed by atoms with Gasteiger partial charge in [0.05, 0.1) is 5.92 Å². The number of nitrogens with two attached hydrogens (primary N) is 1. The lowest BCUT2D eigenvalue weighted by Crippen LogP contribution is -2.47. The van der Waals surface area contributed by atoms with Gasteiger partial charge in [-0.3, -0.25) is 9.88 Å². The van der Waals surface area contributed by atoms with E-state index in [0.717, 1.165) is 5.56 Å². The van der Waals surface area contributed by atoms with E-state index in [1.54, 1.807) is 12.4 Å². The Labute approximate surface area is 117 Å². The molecule has 2 N–H and O–H groups in total. The number of piperidine rings is 1. The highest BCUT2D eigenvalue weighted by atomic mass is 19.4. The Morgan fingerprint density at radius 3 is 2.55 bits per heavy atom. The maximum atomic E-state index is 12.9. The summed E-state index contributed by atoms with van der Waals surface area (Å²) in [6.07, 6.45) is -0.0639. The smallest absolute Gasteiger partial charge is 0.326 e. The Bertz CT molecular complexity index is 419. The minimum Gasteiger partial charge on any atom is -0.326 e. The third-order valence-electron chi connectivity index (χ3n) is 3.85. The van der Waals surface area contributed by atoms with Crippen LogP contribution in [0.25, 0.3) is 0 Å². The molecule has 2 heterocycles. The molecule has 0 aliphatic carbocycles. The van der Waals surface area contributed by atoms with Crippen LogP contribution in [0.5, 0.6) is 0 Å². The van der Waals surface area contributed by atoms with Gasteiger partial charge >= 0.3 is 6.18 Å². The monoisotopic (exact) mass is 287 g/mol. The summed E-state index contributed by atoms with van der Waals surface area (Å²) in [5.74, 6) is -1.25. The van der Waals surface area contributed by atoms with Crippen molar-refractivity contribution in [3.63, 3.8) is 0 Å². The van der Waals surface area contributed by atoms with Crippen LogP contribution in [-0.2, 0) is 0 Å². The molecule has 0 radical (unpaired) electrons. The highest BCUT2D eigenvalue weighted by Crippen LogP contribution is 2.36. The summed E-state index contributed by atoms with van der Waals surface area (Å²) >= 11 is 0. The van der Waals surface area contributed by atoms with Gasteiger partial charge in [0, 0.05) is 31.0 Å². The number of likely N-dealkylation sites (tertiary alicyclic amines) is 1. The van der Waals surface area contributed by atoms with Crippen molar-refractivity contribution < 1.29 is 13.2 Å². The number of rotatable bonds is 3. The van der Waals surface area contributed by atoms with Crippen molar-refractivity contribution in [1.29, 1.82) is 0 Å². The minimum atomic E-state index is -4.13. The summed E-state index contributed by atoms with van der Waals surface area (Å²) in [5.41, 5.74) is 6.94. The first kappa shape index (κ1) is 15.3. The van der Waals surface area contributed by atoms with Crippen LogP contribution in [0.2, 0.25) is 0 Å². The van der Waals surface area contributed by atoms with Crippen molar-refractivity contribution in [2.45, 2.75) is 38.0 Å². The summed E-state index contributed by atoms with van der Waals surface area (Å²) < 4.78 is 38.7. The van der Waals surface area contributed by atoms with Crippen LogP contribution >= 0.6 is 0 Å². The second kappa shape index (κ2) is 6.10. The zero-order chi connectivity index (χ0) is 14.8. The zero-order valence-electron chi connectivity index (χ0n) is 11.5. The fourth-order valence-electron chi connectivity index (χ4n) is 2.93. The molecule has 20 heavy (non-hydrogen) atoms. The van der Waals surface area contributed by atoms with Crippen LogP contribution in [-0.4, -0.2) is 35.2 Å². The van der Waals surface area contributed by atoms with E-state index < -0.39 is 12.1 Å². The van der Waals surface area contributed by atoms with Crippen LogP contribution in [0.15, 0.2) is 24.5 Å². The topological polar surface area (TPSA) is 42.1 Å². The number of nitrogens with zero attached hydrogens (tertiary/aromatic N) is 2. The Morgan fingerprint density at radius 1 is 1.35 bits per heavy atom. The predicted molar refractivity (Wildman–Crippen MR) is 71.0 cm³/mol. The van der Waals surface area contributed by atoms with Crippen LogP contribution in [0.1, 0.15) is 31.4 Å². The van der Waals surface area contributed by atoms with Gasteiger partial charge in [-0.2, -0.15) is 13.2 Å². The van der Waals surface area contributed by atoms with Gasteiger partial charge < -0.3 is 5.73 Å². The molecule has 1 saturated heterocycles. The molecule has 6 heteroatoms. The van der Waals surface area contributed by atoms with E-state index >= 15 is 0 Å². The molecule has 1 aromatic heterocycles. The molecule has 3 nitrogen and oxygen atoms in total. The zero-order valence-corrected chi connectivity index (χ0v) is 11.5. The molecular formula is C14H20F3N3. The average molecular weight is 287 g/mol. The van der Waals surface area contributed by atoms with Crippen LogP contribution < -0.4 is 5.73 Å². The molecule has 1 aromatic rings. The second-order valence-electron chi connectivity index (χ2n) is 5.46. The van der Waals surface area contributed by atoms with Gasteiger partial charge in [-0.25, -0.2) is 0 Å². The molecule has 0 spiro atoms. The van der Waals surface area contributed by atoms with Crippen molar-refractivity contribution in [3.05, 3.63) is 30.1 Å². The molecule has 1 fully saturated rings. The molecule has 0 aromatic carbocycles. The molecule has 0 bridgehead atoms. The van der Waals surface area contributed by atoms with E-state index in [2.05, 4.69) is 4.98 Å². The first-order valence-electron chi connectivity index (χ1n) is 6.86. The molecule has 0 saturated carbocycles. The van der Waals surface area contributed by atoms with Crippen LogP contribution in [0, 0.1) is 5.92 Å². The Kier molecular flexibility index (Phi) is 4.65. The van der Waals surface area contributed by atoms with Crippen molar-refractivity contribution in [2.24, 2.45) is 11.7 Å². The van der Waals surface area contributed by atoms with Gasteiger partial charge in [0.15, 0.2) is 0 Å². The van der Waals surface area contributed by atoms with Crippen molar-refractivity contribution in [1.82, 2.24) is 9.88 Å². The first-order chi connectivity index (χ1) is 9.39. The third kappa shape index (κ3) is 3.49. The van der Waals surface area contributed by atoms with E-state index in [-0.39, 0.29) is 25.0 Å². The molecule has 3 unspecified atom stereocenters. The maximum Gasteiger partial charge on any atom is 0.393 e. The quantitative estimate of drug-likeness (QED) is 0.929. The van der Waals surface area contributed by atoms with Crippen molar-refractivity contribution >= 4 is 0 Å². The summed E-state index contributed by atoms with van der Waals surface area (Å²) in [4.78, 5) is 5.81. The third-order valence-corrected chi connectivity index (χ3v) is 3.85. The fourth-order valence-corrected chi connectivity index (χ4v) is 2.93. The number of pyridine rings is 1. The highest BCUT2D eigenvalue weighted by Gasteiger charge is 2.43. The number of aromatic nitrogens is 1. The SMILES string of the molecule is CC(N)C(c1ccncc1)N1CCCC(C(F)(F)F)C1. The van der Waals surface area contributed by atoms with Gasteiger partial charge in [-0.05, 0) is 44.0 Å². The molecular weight excluding hydrogens is 267 g/mol. The molecule has 3 atom stereocenters. The lowest BCUT2D eigenvalue weighted by atomic mass is 9.92. The van der Waals surface area contributed by atoms with Gasteiger partial charge in [-0.1, -0.05) is 0 Å².